The summed E-state index contributed by atoms with van der Waals surface area (Å²) >= 11 is 0. The fraction of sp³-hybridized carbons (Fsp3) is 0.414. The number of fused-ring (bicyclic) bond motifs is 2. The molecule has 0 radical (unpaired) electrons. The Hall–Kier alpha value is -3.26. The Morgan fingerprint density at radius 3 is 2.59 bits per heavy atom. The number of aromatic nitrogens is 4. The van der Waals surface area contributed by atoms with Gasteiger partial charge in [0.05, 0.1) is 11.1 Å². The third kappa shape index (κ3) is 4.41. The van der Waals surface area contributed by atoms with Crippen molar-refractivity contribution in [1.82, 2.24) is 24.6 Å². The van der Waals surface area contributed by atoms with Crippen LogP contribution in [-0.4, -0.2) is 44.3 Å². The van der Waals surface area contributed by atoms with Crippen LogP contribution in [0.3, 0.4) is 0 Å². The number of nitrogens with zero attached hydrogens (tertiary/aromatic N) is 5. The Morgan fingerprint density at radius 2 is 1.81 bits per heavy atom. The maximum atomic E-state index is 12.9. The molecule has 1 saturated carbocycles. The number of pyridine rings is 1. The Balaban J connectivity index is 1.05. The zero-order valence-electron chi connectivity index (χ0n) is 21.1. The van der Waals surface area contributed by atoms with Crippen LogP contribution < -0.4 is 0 Å². The summed E-state index contributed by atoms with van der Waals surface area (Å²) in [5.41, 5.74) is 3.52. The molecule has 5 nitrogen and oxygen atoms in total. The van der Waals surface area contributed by atoms with Crippen molar-refractivity contribution in [2.45, 2.75) is 44.2 Å². The van der Waals surface area contributed by atoms with Gasteiger partial charge in [-0.2, -0.15) is 13.2 Å². The number of halogens is 3. The van der Waals surface area contributed by atoms with Crippen LogP contribution in [0.1, 0.15) is 41.9 Å². The van der Waals surface area contributed by atoms with Gasteiger partial charge in [0.2, 0.25) is 0 Å². The van der Waals surface area contributed by atoms with Crippen LogP contribution in [0.4, 0.5) is 13.2 Å². The zero-order valence-corrected chi connectivity index (χ0v) is 21.1. The average Bonchev–Trinajstić information content (AvgIpc) is 3.25. The van der Waals surface area contributed by atoms with E-state index in [0.717, 1.165) is 84.7 Å². The lowest BCUT2D eigenvalue weighted by Crippen LogP contribution is -2.27. The molecule has 0 N–H and O–H groups in total. The molecular formula is C29H30F3N5. The van der Waals surface area contributed by atoms with E-state index in [4.69, 9.17) is 0 Å². The number of unbranched alkanes of at least 4 members (excludes halogenated alkanes) is 1. The largest absolute Gasteiger partial charge is 0.416 e. The molecule has 3 heterocycles. The molecule has 2 atom stereocenters. The van der Waals surface area contributed by atoms with E-state index < -0.39 is 11.7 Å². The van der Waals surface area contributed by atoms with Crippen LogP contribution in [0.15, 0.2) is 54.6 Å². The van der Waals surface area contributed by atoms with Gasteiger partial charge in [-0.15, -0.1) is 10.2 Å². The second-order valence-corrected chi connectivity index (χ2v) is 10.6. The monoisotopic (exact) mass is 505 g/mol. The van der Waals surface area contributed by atoms with Gasteiger partial charge in [-0.25, -0.2) is 0 Å². The number of hydrogen-bond acceptors (Lipinski definition) is 4. The van der Waals surface area contributed by atoms with Gasteiger partial charge in [-0.1, -0.05) is 30.3 Å². The van der Waals surface area contributed by atoms with E-state index in [9.17, 15) is 13.2 Å². The number of benzene rings is 2. The quantitative estimate of drug-likeness (QED) is 0.291. The van der Waals surface area contributed by atoms with Crippen LogP contribution in [0.25, 0.3) is 22.3 Å². The number of aryl methyl sites for hydroxylation is 2. The molecule has 0 amide bonds. The Morgan fingerprint density at radius 1 is 1.00 bits per heavy atom. The standard InChI is InChI=1S/C29H30F3N5/c1-19-9-14-23-24(6-5-7-25(23)33-19)27-35-34-26(36(27)2)8-3-4-15-37-17-22-16-28(22,18-37)20-10-12-21(13-11-20)29(30,31)32/h5-7,9-14,22H,3-4,8,15-18H2,1-2H3/t22-,28?/m0/s1. The molecule has 37 heavy (non-hydrogen) atoms. The molecule has 2 aromatic heterocycles. The highest BCUT2D eigenvalue weighted by molar-refractivity contribution is 5.92. The third-order valence-electron chi connectivity index (χ3n) is 8.21. The first-order valence-corrected chi connectivity index (χ1v) is 12.9. The smallest absolute Gasteiger partial charge is 0.314 e. The van der Waals surface area contributed by atoms with E-state index in [1.54, 1.807) is 12.1 Å². The van der Waals surface area contributed by atoms with Crippen molar-refractivity contribution in [3.63, 3.8) is 0 Å². The Bertz CT molecular complexity index is 1440. The second-order valence-electron chi connectivity index (χ2n) is 10.6. The molecule has 0 bridgehead atoms. The maximum Gasteiger partial charge on any atom is 0.416 e. The van der Waals surface area contributed by atoms with Crippen molar-refractivity contribution in [2.75, 3.05) is 19.6 Å². The van der Waals surface area contributed by atoms with Crippen molar-refractivity contribution in [1.29, 1.82) is 0 Å². The molecule has 1 aliphatic carbocycles. The molecule has 1 saturated heterocycles. The average molecular weight is 506 g/mol. The summed E-state index contributed by atoms with van der Waals surface area (Å²) in [7, 11) is 2.02. The van der Waals surface area contributed by atoms with Gasteiger partial charge in [0.15, 0.2) is 5.82 Å². The van der Waals surface area contributed by atoms with E-state index in [0.29, 0.717) is 5.92 Å². The van der Waals surface area contributed by atoms with E-state index in [2.05, 4.69) is 36.8 Å². The van der Waals surface area contributed by atoms with Crippen LogP contribution in [0.5, 0.6) is 0 Å². The topological polar surface area (TPSA) is 46.8 Å². The number of likely N-dealkylation sites (tertiary alicyclic amines) is 1. The molecule has 6 rings (SSSR count). The van der Waals surface area contributed by atoms with Crippen molar-refractivity contribution in [3.05, 3.63) is 77.2 Å². The van der Waals surface area contributed by atoms with Gasteiger partial charge in [0, 0.05) is 48.6 Å². The van der Waals surface area contributed by atoms with Crippen LogP contribution in [0, 0.1) is 12.8 Å². The van der Waals surface area contributed by atoms with Crippen molar-refractivity contribution >= 4 is 10.9 Å². The van der Waals surface area contributed by atoms with Crippen molar-refractivity contribution in [3.8, 4) is 11.4 Å². The minimum absolute atomic E-state index is 0.0501. The molecule has 192 valence electrons. The molecule has 0 spiro atoms. The number of piperidine rings is 1. The summed E-state index contributed by atoms with van der Waals surface area (Å²) < 4.78 is 40.9. The highest BCUT2D eigenvalue weighted by Crippen LogP contribution is 2.59. The minimum Gasteiger partial charge on any atom is -0.314 e. The highest BCUT2D eigenvalue weighted by atomic mass is 19.4. The Labute approximate surface area is 214 Å². The van der Waals surface area contributed by atoms with Crippen molar-refractivity contribution in [2.24, 2.45) is 13.0 Å². The maximum absolute atomic E-state index is 12.9. The summed E-state index contributed by atoms with van der Waals surface area (Å²) in [6.07, 6.45) is -0.283. The fourth-order valence-corrected chi connectivity index (χ4v) is 6.08. The predicted octanol–water partition coefficient (Wildman–Crippen LogP) is 5.95. The first-order valence-electron chi connectivity index (χ1n) is 12.9. The zero-order chi connectivity index (χ0) is 25.8. The van der Waals surface area contributed by atoms with Crippen LogP contribution in [-0.2, 0) is 25.1 Å². The van der Waals surface area contributed by atoms with Gasteiger partial charge in [0.25, 0.3) is 0 Å². The highest BCUT2D eigenvalue weighted by Gasteiger charge is 2.60. The summed E-state index contributed by atoms with van der Waals surface area (Å²) in [6.45, 7) is 4.96. The van der Waals surface area contributed by atoms with E-state index >= 15 is 0 Å². The normalized spacial score (nSPS) is 21.5. The van der Waals surface area contributed by atoms with Gasteiger partial charge < -0.3 is 9.47 Å². The molecule has 1 unspecified atom stereocenters. The van der Waals surface area contributed by atoms with Crippen LogP contribution in [0.2, 0.25) is 0 Å². The lowest BCUT2D eigenvalue weighted by atomic mass is 9.94. The summed E-state index contributed by atoms with van der Waals surface area (Å²) in [5.74, 6) is 2.38. The number of alkyl halides is 3. The summed E-state index contributed by atoms with van der Waals surface area (Å²) in [5, 5.41) is 10.1. The lowest BCUT2D eigenvalue weighted by molar-refractivity contribution is -0.137. The number of rotatable bonds is 7. The lowest BCUT2D eigenvalue weighted by Gasteiger charge is -2.21. The van der Waals surface area contributed by atoms with E-state index in [1.165, 1.54) is 12.1 Å². The third-order valence-corrected chi connectivity index (χ3v) is 8.21. The number of hydrogen-bond donors (Lipinski definition) is 0. The predicted molar refractivity (Wildman–Crippen MR) is 137 cm³/mol. The first kappa shape index (κ1) is 24.1. The van der Waals surface area contributed by atoms with Gasteiger partial charge >= 0.3 is 6.18 Å². The molecule has 4 aromatic rings. The fourth-order valence-electron chi connectivity index (χ4n) is 6.08. The molecule has 2 aromatic carbocycles. The van der Waals surface area contributed by atoms with Crippen molar-refractivity contribution < 1.29 is 13.2 Å². The van der Waals surface area contributed by atoms with E-state index in [-0.39, 0.29) is 5.41 Å². The van der Waals surface area contributed by atoms with Gasteiger partial charge in [-0.05, 0) is 68.5 Å². The van der Waals surface area contributed by atoms with Gasteiger partial charge in [-0.3, -0.25) is 4.98 Å². The SMILES string of the molecule is Cc1ccc2c(-c3nnc(CCCCN4C[C@@H]5CC5(c5ccc(C(F)(F)F)cc5)C4)n3C)cccc2n1. The molecule has 8 heteroatoms. The van der Waals surface area contributed by atoms with Gasteiger partial charge in [0.1, 0.15) is 5.82 Å². The minimum atomic E-state index is -4.28. The summed E-state index contributed by atoms with van der Waals surface area (Å²) in [4.78, 5) is 7.11. The summed E-state index contributed by atoms with van der Waals surface area (Å²) in [6, 6.07) is 16.0. The first-order chi connectivity index (χ1) is 17.7. The Kier molecular flexibility index (Phi) is 5.82. The molecule has 2 fully saturated rings. The van der Waals surface area contributed by atoms with E-state index in [1.807, 2.05) is 32.2 Å². The second kappa shape index (κ2) is 8.94. The van der Waals surface area contributed by atoms with Crippen LogP contribution >= 0.6 is 0 Å². The molecule has 1 aliphatic heterocycles. The molecular weight excluding hydrogens is 475 g/mol. The molecule has 2 aliphatic rings.